The zero-order chi connectivity index (χ0) is 34.3. The zero-order valence-corrected chi connectivity index (χ0v) is 27.6. The molecular formula is C32H31Cl2F5N7O2+. The van der Waals surface area contributed by atoms with Crippen LogP contribution in [0.25, 0.3) is 22.0 Å². The van der Waals surface area contributed by atoms with Gasteiger partial charge < -0.3 is 15.2 Å². The Morgan fingerprint density at radius 2 is 1.96 bits per heavy atom. The van der Waals surface area contributed by atoms with Crippen LogP contribution in [0.5, 0.6) is 11.8 Å². The fraction of sp³-hybridized carbons (Fsp3) is 0.406. The summed E-state index contributed by atoms with van der Waals surface area (Å²) in [6.07, 6.45) is -0.501. The van der Waals surface area contributed by atoms with Gasteiger partial charge in [0, 0.05) is 35.6 Å². The van der Waals surface area contributed by atoms with E-state index in [2.05, 4.69) is 19.9 Å². The molecule has 4 atom stereocenters. The third kappa shape index (κ3) is 5.06. The van der Waals surface area contributed by atoms with Crippen molar-refractivity contribution in [3.05, 3.63) is 57.5 Å². The number of methoxy groups -OCH3 is 1. The molecule has 2 aromatic heterocycles. The van der Waals surface area contributed by atoms with E-state index in [4.69, 9.17) is 38.4 Å². The Hall–Kier alpha value is -3.72. The average molecular weight is 712 g/mol. The van der Waals surface area contributed by atoms with E-state index < -0.39 is 44.9 Å². The number of nitrogens with zero attached hydrogens (tertiary/aromatic N) is 6. The molecule has 4 aliphatic rings. The highest BCUT2D eigenvalue weighted by Gasteiger charge is 2.53. The van der Waals surface area contributed by atoms with Crippen molar-refractivity contribution in [2.75, 3.05) is 44.7 Å². The third-order valence-electron chi connectivity index (χ3n) is 9.49. The lowest BCUT2D eigenvalue weighted by Crippen LogP contribution is -2.58. The van der Waals surface area contributed by atoms with Crippen LogP contribution in [-0.2, 0) is 6.18 Å². The van der Waals surface area contributed by atoms with Crippen LogP contribution in [-0.4, -0.2) is 66.0 Å². The number of alkyl halides is 4. The first-order chi connectivity index (χ1) is 22.7. The summed E-state index contributed by atoms with van der Waals surface area (Å²) in [5, 5.41) is 0.813. The number of benzene rings is 2. The van der Waals surface area contributed by atoms with Crippen molar-refractivity contribution >= 4 is 51.4 Å². The van der Waals surface area contributed by atoms with E-state index >= 15 is 4.39 Å². The van der Waals surface area contributed by atoms with Gasteiger partial charge in [0.15, 0.2) is 17.4 Å². The van der Waals surface area contributed by atoms with Gasteiger partial charge in [-0.2, -0.15) is 28.1 Å². The minimum Gasteiger partial charge on any atom is -0.467 e. The normalized spacial score (nSPS) is 24.4. The Bertz CT molecular complexity index is 1940. The molecule has 0 spiro atoms. The minimum atomic E-state index is -4.95. The highest BCUT2D eigenvalue weighted by Crippen LogP contribution is 2.55. The smallest absolute Gasteiger partial charge is 0.418 e. The Morgan fingerprint density at radius 3 is 2.67 bits per heavy atom. The monoisotopic (exact) mass is 710 g/mol. The lowest BCUT2D eigenvalue weighted by Gasteiger charge is -2.36. The molecule has 0 saturated carbocycles. The van der Waals surface area contributed by atoms with E-state index in [9.17, 15) is 17.6 Å². The van der Waals surface area contributed by atoms with Gasteiger partial charge in [-0.15, -0.1) is 4.59 Å². The number of nitrogen functional groups attached to an aromatic ring is 1. The maximum atomic E-state index is 16.4. The van der Waals surface area contributed by atoms with Gasteiger partial charge in [-0.3, -0.25) is 4.90 Å². The molecule has 6 heterocycles. The fourth-order valence-electron chi connectivity index (χ4n) is 7.46. The van der Waals surface area contributed by atoms with E-state index in [1.54, 1.807) is 12.3 Å². The van der Waals surface area contributed by atoms with Crippen LogP contribution in [0.3, 0.4) is 0 Å². The summed E-state index contributed by atoms with van der Waals surface area (Å²) < 4.78 is 82.9. The number of quaternary nitrogens is 1. The van der Waals surface area contributed by atoms with Crippen molar-refractivity contribution in [3.63, 3.8) is 0 Å². The average Bonchev–Trinajstić information content (AvgIpc) is 3.63. The molecule has 4 unspecified atom stereocenters. The van der Waals surface area contributed by atoms with Crippen LogP contribution in [0.4, 0.5) is 39.3 Å². The lowest BCUT2D eigenvalue weighted by atomic mass is 9.95. The molecular weight excluding hydrogens is 680 g/mol. The molecule has 16 heteroatoms. The van der Waals surface area contributed by atoms with Crippen LogP contribution in [0, 0.1) is 5.82 Å². The van der Waals surface area contributed by atoms with E-state index in [1.807, 2.05) is 25.0 Å². The number of pyridine rings is 1. The minimum absolute atomic E-state index is 0.0352. The maximum Gasteiger partial charge on any atom is 0.418 e. The predicted molar refractivity (Wildman–Crippen MR) is 173 cm³/mol. The molecule has 2 aromatic carbocycles. The Morgan fingerprint density at radius 1 is 1.19 bits per heavy atom. The van der Waals surface area contributed by atoms with E-state index in [1.165, 1.54) is 20.0 Å². The Balaban J connectivity index is 0.000000347. The van der Waals surface area contributed by atoms with E-state index in [0.717, 1.165) is 30.7 Å². The highest BCUT2D eigenvalue weighted by atomic mass is 35.5. The van der Waals surface area contributed by atoms with Gasteiger partial charge >= 0.3 is 12.2 Å². The highest BCUT2D eigenvalue weighted by molar-refractivity contribution is 6.37. The molecule has 4 aromatic rings. The van der Waals surface area contributed by atoms with Gasteiger partial charge in [0.25, 0.3) is 12.5 Å². The van der Waals surface area contributed by atoms with Gasteiger partial charge in [0.1, 0.15) is 24.8 Å². The molecule has 254 valence electrons. The Kier molecular flexibility index (Phi) is 8.00. The first kappa shape index (κ1) is 32.8. The van der Waals surface area contributed by atoms with E-state index in [-0.39, 0.29) is 51.5 Å². The zero-order valence-electron chi connectivity index (χ0n) is 26.1. The number of aromatic nitrogens is 3. The predicted octanol–water partition coefficient (Wildman–Crippen LogP) is 7.72. The summed E-state index contributed by atoms with van der Waals surface area (Å²) in [6.45, 7) is 3.69. The topological polar surface area (TPSA) is 89.6 Å². The van der Waals surface area contributed by atoms with E-state index in [0.29, 0.717) is 18.4 Å². The molecule has 0 bridgehead atoms. The van der Waals surface area contributed by atoms with Crippen LogP contribution < -0.4 is 24.8 Å². The molecule has 9 nitrogen and oxygen atoms in total. The number of halogens is 7. The first-order valence-electron chi connectivity index (χ1n) is 15.3. The molecule has 0 amide bonds. The molecule has 48 heavy (non-hydrogen) atoms. The largest absolute Gasteiger partial charge is 0.467 e. The Labute approximate surface area is 282 Å². The van der Waals surface area contributed by atoms with Gasteiger partial charge in [-0.05, 0) is 57.0 Å². The van der Waals surface area contributed by atoms with Crippen LogP contribution in [0.2, 0.25) is 10.0 Å². The van der Waals surface area contributed by atoms with Crippen molar-refractivity contribution in [2.24, 2.45) is 0 Å². The quantitative estimate of drug-likeness (QED) is 0.129. The molecule has 0 aliphatic carbocycles. The van der Waals surface area contributed by atoms with Crippen molar-refractivity contribution in [1.29, 1.82) is 0 Å². The summed E-state index contributed by atoms with van der Waals surface area (Å²) in [4.78, 5) is 15.5. The molecule has 2 saturated heterocycles. The van der Waals surface area contributed by atoms with Gasteiger partial charge in [0.05, 0.1) is 33.7 Å². The van der Waals surface area contributed by atoms with Crippen molar-refractivity contribution < 1.29 is 31.4 Å². The number of hydrogen-bond donors (Lipinski definition) is 1. The number of hydrogen-bond acceptors (Lipinski definition) is 8. The second kappa shape index (κ2) is 11.7. The second-order valence-electron chi connectivity index (χ2n) is 12.5. The number of fused-ring (bicyclic) bond motifs is 5. The van der Waals surface area contributed by atoms with Crippen LogP contribution >= 0.6 is 23.2 Å². The van der Waals surface area contributed by atoms with Crippen molar-refractivity contribution in [2.45, 2.75) is 50.6 Å². The van der Waals surface area contributed by atoms with Gasteiger partial charge in [-0.1, -0.05) is 23.2 Å². The molecule has 0 radical (unpaired) electrons. The SMILES string of the molecule is COc1nc2c3c(c(Cl)c(-c4cc(N)cc(Cl)c4C(F)(F)F)c(F)c3n1)OC[N+]1(C)c3ncccc3C(C)N21.FC1CC2CCCN2C1. The summed E-state index contributed by atoms with van der Waals surface area (Å²) in [5.74, 6) is -0.366. The number of anilines is 2. The first-order valence-corrected chi connectivity index (χ1v) is 16.0. The summed E-state index contributed by atoms with van der Waals surface area (Å²) in [6, 6.07) is 5.72. The number of nitrogens with two attached hydrogens (primary N) is 1. The summed E-state index contributed by atoms with van der Waals surface area (Å²) >= 11 is 12.7. The number of rotatable bonds is 2. The van der Waals surface area contributed by atoms with Gasteiger partial charge in [-0.25, -0.2) is 13.8 Å². The fourth-order valence-corrected chi connectivity index (χ4v) is 8.13. The van der Waals surface area contributed by atoms with Crippen molar-refractivity contribution in [1.82, 2.24) is 24.4 Å². The maximum absolute atomic E-state index is 16.4. The van der Waals surface area contributed by atoms with Crippen molar-refractivity contribution in [3.8, 4) is 22.9 Å². The summed E-state index contributed by atoms with van der Waals surface area (Å²) in [7, 11) is 3.13. The van der Waals surface area contributed by atoms with Gasteiger partial charge in [0.2, 0.25) is 0 Å². The van der Waals surface area contributed by atoms with Crippen LogP contribution in [0.1, 0.15) is 43.4 Å². The molecule has 2 fully saturated rings. The summed E-state index contributed by atoms with van der Waals surface area (Å²) in [5.41, 5.74) is 3.70. The lowest BCUT2D eigenvalue weighted by molar-refractivity contribution is -0.137. The second-order valence-corrected chi connectivity index (χ2v) is 13.3. The molecule has 4 aliphatic heterocycles. The third-order valence-corrected chi connectivity index (χ3v) is 10.2. The standard InChI is InChI=1S/C25H19Cl2F4N6O2.C7H12FN/c1-10-12-5-4-6-33-23(12)37(2)9-39-21-16-20(34-24(38-3)35-22(16)36(10)37)19(28)15(18(21)27)13-7-11(32)8-14(26)17(13)25(29,30)31;8-6-4-7-2-1-3-9(7)5-6/h4-8,10H,9,32H2,1-3H3;6-7H,1-5H2/q+1;. The number of ether oxygens (including phenoxy) is 2. The molecule has 8 rings (SSSR count). The molecule has 2 N–H and O–H groups in total. The van der Waals surface area contributed by atoms with Crippen LogP contribution in [0.15, 0.2) is 30.5 Å².